The first-order valence-electron chi connectivity index (χ1n) is 9.69. The third-order valence-corrected chi connectivity index (χ3v) is 7.86. The summed E-state index contributed by atoms with van der Waals surface area (Å²) >= 11 is 8.64. The third-order valence-electron chi connectivity index (χ3n) is 5.24. The number of allylic oxidation sites excluding steroid dienone is 2. The second-order valence-electron chi connectivity index (χ2n) is 6.97. The van der Waals surface area contributed by atoms with Gasteiger partial charge in [0.1, 0.15) is 4.32 Å². The number of fused-ring (bicyclic) bond motifs is 3. The molecule has 0 atom stereocenters. The van der Waals surface area contributed by atoms with Crippen LogP contribution in [-0.4, -0.2) is 28.2 Å². The minimum absolute atomic E-state index is 0.0460. The highest BCUT2D eigenvalue weighted by Crippen LogP contribution is 2.50. The van der Waals surface area contributed by atoms with Crippen LogP contribution >= 0.6 is 35.7 Å². The largest absolute Gasteiger partial charge is 0.335 e. The van der Waals surface area contributed by atoms with E-state index in [0.29, 0.717) is 10.9 Å². The summed E-state index contributed by atoms with van der Waals surface area (Å²) in [7, 11) is 0. The smallest absolute Gasteiger partial charge is 0.266 e. The van der Waals surface area contributed by atoms with Gasteiger partial charge in [-0.3, -0.25) is 9.69 Å². The number of rotatable bonds is 4. The first-order valence-corrected chi connectivity index (χ1v) is 11.7. The summed E-state index contributed by atoms with van der Waals surface area (Å²) in [5.41, 5.74) is 4.38. The minimum Gasteiger partial charge on any atom is -0.335 e. The van der Waals surface area contributed by atoms with Crippen molar-refractivity contribution < 1.29 is 4.79 Å². The Morgan fingerprint density at radius 1 is 1.11 bits per heavy atom. The van der Waals surface area contributed by atoms with Gasteiger partial charge in [0.25, 0.3) is 5.91 Å². The molecule has 0 spiro atoms. The summed E-state index contributed by atoms with van der Waals surface area (Å²) in [5, 5.41) is 1.20. The average Bonchev–Trinajstić information content (AvgIpc) is 3.18. The zero-order valence-electron chi connectivity index (χ0n) is 15.8. The molecule has 0 unspecified atom stereocenters. The zero-order chi connectivity index (χ0) is 19.0. The number of anilines is 1. The number of carbonyl (C=O) groups is 1. The van der Waals surface area contributed by atoms with Crippen LogP contribution in [0.5, 0.6) is 0 Å². The van der Waals surface area contributed by atoms with Crippen LogP contribution in [0.3, 0.4) is 0 Å². The third kappa shape index (κ3) is 3.47. The molecular weight excluding hydrogens is 392 g/mol. The molecule has 0 radical (unpaired) electrons. The van der Waals surface area contributed by atoms with Gasteiger partial charge in [0, 0.05) is 18.0 Å². The maximum absolute atomic E-state index is 12.6. The van der Waals surface area contributed by atoms with E-state index in [2.05, 4.69) is 37.0 Å². The van der Waals surface area contributed by atoms with Crippen LogP contribution in [-0.2, 0) is 17.6 Å². The fourth-order valence-corrected chi connectivity index (χ4v) is 6.49. The van der Waals surface area contributed by atoms with Crippen molar-refractivity contribution in [3.8, 4) is 0 Å². The Labute approximate surface area is 175 Å². The highest BCUT2D eigenvalue weighted by molar-refractivity contribution is 8.26. The van der Waals surface area contributed by atoms with Crippen molar-refractivity contribution in [2.75, 3.05) is 18.0 Å². The van der Waals surface area contributed by atoms with Crippen molar-refractivity contribution in [1.29, 1.82) is 0 Å². The Morgan fingerprint density at radius 3 is 2.70 bits per heavy atom. The van der Waals surface area contributed by atoms with Gasteiger partial charge in [-0.05, 0) is 68.4 Å². The van der Waals surface area contributed by atoms with E-state index in [9.17, 15) is 4.79 Å². The zero-order valence-corrected chi connectivity index (χ0v) is 18.2. The molecule has 3 aliphatic rings. The summed E-state index contributed by atoms with van der Waals surface area (Å²) in [4.78, 5) is 18.8. The van der Waals surface area contributed by atoms with E-state index < -0.39 is 0 Å². The van der Waals surface area contributed by atoms with Gasteiger partial charge in [0.2, 0.25) is 0 Å². The van der Waals surface area contributed by atoms with E-state index in [1.54, 1.807) is 10.5 Å². The fraction of sp³-hybridized carbons (Fsp3) is 0.429. The van der Waals surface area contributed by atoms with Crippen LogP contribution in [0.15, 0.2) is 39.1 Å². The molecule has 3 nitrogen and oxygen atoms in total. The van der Waals surface area contributed by atoms with Crippen LogP contribution in [0, 0.1) is 0 Å². The summed E-state index contributed by atoms with van der Waals surface area (Å²) in [6.07, 6.45) is 9.95. The lowest BCUT2D eigenvalue weighted by Crippen LogP contribution is -2.28. The molecule has 6 heteroatoms. The summed E-state index contributed by atoms with van der Waals surface area (Å²) < 4.78 is 0.676. The van der Waals surface area contributed by atoms with Crippen molar-refractivity contribution in [2.45, 2.75) is 50.8 Å². The number of hydrogen-bond donors (Lipinski definition) is 0. The molecule has 2 aliphatic heterocycles. The molecular formula is C21H24N2OS3. The molecule has 2 heterocycles. The normalized spacial score (nSPS) is 22.1. The molecule has 1 aliphatic carbocycles. The molecule has 1 amide bonds. The average molecular weight is 417 g/mol. The van der Waals surface area contributed by atoms with E-state index in [1.165, 1.54) is 58.6 Å². The van der Waals surface area contributed by atoms with E-state index in [-0.39, 0.29) is 5.91 Å². The van der Waals surface area contributed by atoms with Crippen molar-refractivity contribution >= 4 is 51.7 Å². The maximum Gasteiger partial charge on any atom is 0.266 e. The van der Waals surface area contributed by atoms with Gasteiger partial charge in [-0.1, -0.05) is 48.7 Å². The van der Waals surface area contributed by atoms with Gasteiger partial charge < -0.3 is 4.90 Å². The van der Waals surface area contributed by atoms with Crippen LogP contribution in [0.2, 0.25) is 0 Å². The molecule has 0 aromatic heterocycles. The van der Waals surface area contributed by atoms with Crippen molar-refractivity contribution in [1.82, 2.24) is 4.90 Å². The second kappa shape index (κ2) is 8.02. The minimum atomic E-state index is 0.0460. The predicted octanol–water partition coefficient (Wildman–Crippen LogP) is 5.49. The van der Waals surface area contributed by atoms with E-state index in [0.717, 1.165) is 17.9 Å². The number of nitrogens with zero attached hydrogens (tertiary/aromatic N) is 2. The molecule has 27 heavy (non-hydrogen) atoms. The van der Waals surface area contributed by atoms with Crippen LogP contribution in [0.4, 0.5) is 5.69 Å². The molecule has 1 aromatic rings. The summed E-state index contributed by atoms with van der Waals surface area (Å²) in [6, 6.07) is 4.59. The SMILES string of the molecule is CCCN1C(=O)/C(=C/C=C2/Sc3c(ccc4c3CCCC4)N2CC)SC1=S. The first kappa shape index (κ1) is 19.1. The van der Waals surface area contributed by atoms with E-state index in [4.69, 9.17) is 12.2 Å². The monoisotopic (exact) mass is 416 g/mol. The fourth-order valence-electron chi connectivity index (χ4n) is 3.91. The van der Waals surface area contributed by atoms with Crippen LogP contribution in [0.1, 0.15) is 44.2 Å². The van der Waals surface area contributed by atoms with Gasteiger partial charge in [-0.25, -0.2) is 0 Å². The molecule has 1 saturated heterocycles. The summed E-state index contributed by atoms with van der Waals surface area (Å²) in [6.45, 7) is 5.88. The number of hydrogen-bond acceptors (Lipinski definition) is 5. The van der Waals surface area contributed by atoms with Crippen LogP contribution in [0.25, 0.3) is 0 Å². The Kier molecular flexibility index (Phi) is 5.67. The van der Waals surface area contributed by atoms with Crippen molar-refractivity contribution in [2.24, 2.45) is 0 Å². The standard InChI is InChI=1S/C21H24N2OS3/c1-3-13-23-20(24)17(26-21(23)25)11-12-18-22(4-2)16-10-9-14-7-5-6-8-15(14)19(16)27-18/h9-12H,3-8,13H2,1-2H3/b17-11-,18-12+. The highest BCUT2D eigenvalue weighted by Gasteiger charge is 2.32. The quantitative estimate of drug-likeness (QED) is 0.477. The molecule has 0 saturated carbocycles. The lowest BCUT2D eigenvalue weighted by molar-refractivity contribution is -0.122. The Hall–Kier alpha value is -1.24. The molecule has 142 valence electrons. The molecule has 1 fully saturated rings. The predicted molar refractivity (Wildman–Crippen MR) is 120 cm³/mol. The number of carbonyl (C=O) groups excluding carboxylic acids is 1. The van der Waals surface area contributed by atoms with E-state index >= 15 is 0 Å². The van der Waals surface area contributed by atoms with Crippen molar-refractivity contribution in [3.63, 3.8) is 0 Å². The molecule has 0 N–H and O–H groups in total. The van der Waals surface area contributed by atoms with Gasteiger partial charge in [0.05, 0.1) is 15.6 Å². The first-order chi connectivity index (χ1) is 13.1. The molecule has 1 aromatic carbocycles. The van der Waals surface area contributed by atoms with Gasteiger partial charge in [-0.2, -0.15) is 0 Å². The van der Waals surface area contributed by atoms with Gasteiger partial charge in [0.15, 0.2) is 0 Å². The number of thioether (sulfide) groups is 2. The Morgan fingerprint density at radius 2 is 1.93 bits per heavy atom. The van der Waals surface area contributed by atoms with Crippen LogP contribution < -0.4 is 4.90 Å². The summed E-state index contributed by atoms with van der Waals surface area (Å²) in [5.74, 6) is 0.0460. The lowest BCUT2D eigenvalue weighted by atomic mass is 9.91. The highest BCUT2D eigenvalue weighted by atomic mass is 32.2. The Balaban J connectivity index is 1.63. The topological polar surface area (TPSA) is 23.6 Å². The number of benzene rings is 1. The van der Waals surface area contributed by atoms with Gasteiger partial charge >= 0.3 is 0 Å². The van der Waals surface area contributed by atoms with Crippen molar-refractivity contribution in [3.05, 3.63) is 45.3 Å². The molecule has 0 bridgehead atoms. The maximum atomic E-state index is 12.6. The number of thiocarbonyl (C=S) groups is 1. The number of amides is 1. The number of aryl methyl sites for hydroxylation is 1. The second-order valence-corrected chi connectivity index (χ2v) is 9.67. The Bertz CT molecular complexity index is 859. The lowest BCUT2D eigenvalue weighted by Gasteiger charge is -2.21. The van der Waals surface area contributed by atoms with E-state index in [1.807, 2.05) is 17.8 Å². The van der Waals surface area contributed by atoms with Gasteiger partial charge in [-0.15, -0.1) is 0 Å². The molecule has 4 rings (SSSR count).